The molecule has 0 aromatic rings. The average molecular weight is 1040 g/mol. The van der Waals surface area contributed by atoms with Crippen molar-refractivity contribution in [3.8, 4) is 0 Å². The molecule has 434 valence electrons. The predicted octanol–water partition coefficient (Wildman–Crippen LogP) is 22.4. The van der Waals surface area contributed by atoms with Gasteiger partial charge < -0.3 is 14.2 Å². The Balaban J connectivity index is 4.11. The summed E-state index contributed by atoms with van der Waals surface area (Å²) in [5.74, 6) is -0.845. The third-order valence-corrected chi connectivity index (χ3v) is 14.9. The molecule has 74 heavy (non-hydrogen) atoms. The highest BCUT2D eigenvalue weighted by atomic mass is 16.6. The Kier molecular flexibility index (Phi) is 61.1. The van der Waals surface area contributed by atoms with Crippen LogP contribution in [-0.2, 0) is 28.6 Å². The summed E-state index contributed by atoms with van der Waals surface area (Å²) in [5.41, 5.74) is 0. The van der Waals surface area contributed by atoms with E-state index in [1.165, 1.54) is 250 Å². The number of allylic oxidation sites excluding steroid dienone is 6. The number of hydrogen-bond acceptors (Lipinski definition) is 6. The van der Waals surface area contributed by atoms with Crippen molar-refractivity contribution in [2.24, 2.45) is 0 Å². The van der Waals surface area contributed by atoms with Crippen LogP contribution in [0.4, 0.5) is 0 Å². The first-order chi connectivity index (χ1) is 36.5. The van der Waals surface area contributed by atoms with Crippen molar-refractivity contribution in [3.05, 3.63) is 36.5 Å². The second-order valence-electron chi connectivity index (χ2n) is 22.4. The van der Waals surface area contributed by atoms with Crippen molar-refractivity contribution in [1.82, 2.24) is 0 Å². The fourth-order valence-corrected chi connectivity index (χ4v) is 9.92. The van der Waals surface area contributed by atoms with Crippen LogP contribution in [0.3, 0.4) is 0 Å². The Morgan fingerprint density at radius 1 is 0.270 bits per heavy atom. The maximum Gasteiger partial charge on any atom is 0.306 e. The van der Waals surface area contributed by atoms with Crippen LogP contribution in [-0.4, -0.2) is 37.2 Å². The number of esters is 3. The van der Waals surface area contributed by atoms with Crippen LogP contribution in [0.15, 0.2) is 36.5 Å². The molecule has 0 bridgehead atoms. The minimum Gasteiger partial charge on any atom is -0.462 e. The van der Waals surface area contributed by atoms with E-state index in [-0.39, 0.29) is 31.1 Å². The smallest absolute Gasteiger partial charge is 0.306 e. The van der Waals surface area contributed by atoms with E-state index in [1.54, 1.807) is 0 Å². The largest absolute Gasteiger partial charge is 0.462 e. The highest BCUT2D eigenvalue weighted by Gasteiger charge is 2.19. The molecule has 0 heterocycles. The topological polar surface area (TPSA) is 78.9 Å². The van der Waals surface area contributed by atoms with Gasteiger partial charge in [-0.05, 0) is 57.8 Å². The molecule has 0 spiro atoms. The van der Waals surface area contributed by atoms with Crippen molar-refractivity contribution in [2.75, 3.05) is 13.2 Å². The molecule has 0 aliphatic rings. The molecule has 0 saturated carbocycles. The fourth-order valence-electron chi connectivity index (χ4n) is 9.92. The predicted molar refractivity (Wildman–Crippen MR) is 321 cm³/mol. The Bertz CT molecular complexity index is 1240. The van der Waals surface area contributed by atoms with E-state index in [0.717, 1.165) is 70.6 Å². The highest BCUT2D eigenvalue weighted by molar-refractivity contribution is 5.71. The van der Waals surface area contributed by atoms with Gasteiger partial charge in [0.05, 0.1) is 0 Å². The van der Waals surface area contributed by atoms with Crippen molar-refractivity contribution >= 4 is 17.9 Å². The summed E-state index contributed by atoms with van der Waals surface area (Å²) in [4.78, 5) is 38.2. The van der Waals surface area contributed by atoms with Crippen LogP contribution >= 0.6 is 0 Å². The molecule has 0 aromatic heterocycles. The lowest BCUT2D eigenvalue weighted by Gasteiger charge is -2.18. The number of rotatable bonds is 61. The zero-order valence-electron chi connectivity index (χ0n) is 49.9. The molecule has 0 saturated heterocycles. The molecule has 0 fully saturated rings. The van der Waals surface area contributed by atoms with Gasteiger partial charge >= 0.3 is 17.9 Å². The summed E-state index contributed by atoms with van der Waals surface area (Å²) in [6, 6.07) is 0. The van der Waals surface area contributed by atoms with E-state index >= 15 is 0 Å². The average Bonchev–Trinajstić information content (AvgIpc) is 3.40. The van der Waals surface area contributed by atoms with Crippen LogP contribution in [0.25, 0.3) is 0 Å². The number of ether oxygens (including phenoxy) is 3. The standard InChI is InChI=1S/C68H126O6/c1-4-7-10-13-16-19-21-23-25-27-29-30-31-32-33-34-35-36-37-38-39-41-42-44-46-49-52-55-58-61-67(70)73-64-65(63-72-66(69)60-57-54-51-48-18-15-12-9-6-3)74-68(71)62-59-56-53-50-47-45-43-40-28-26-24-22-20-17-14-11-8-5-2/h21,23,27,29,31-32,65H,4-20,22,24-26,28,30,33-64H2,1-3H3/b23-21-,29-27-,32-31-. The van der Waals surface area contributed by atoms with Gasteiger partial charge in [-0.25, -0.2) is 0 Å². The quantitative estimate of drug-likeness (QED) is 0.0261. The number of carbonyl (C=O) groups is 3. The van der Waals surface area contributed by atoms with E-state index in [4.69, 9.17) is 14.2 Å². The van der Waals surface area contributed by atoms with Crippen LogP contribution in [0.1, 0.15) is 361 Å². The Morgan fingerprint density at radius 2 is 0.486 bits per heavy atom. The summed E-state index contributed by atoms with van der Waals surface area (Å²) in [6.45, 7) is 6.67. The zero-order valence-corrected chi connectivity index (χ0v) is 49.9. The monoisotopic (exact) mass is 1040 g/mol. The van der Waals surface area contributed by atoms with Gasteiger partial charge in [0.15, 0.2) is 6.10 Å². The number of unbranched alkanes of at least 4 members (excludes halogenated alkanes) is 44. The van der Waals surface area contributed by atoms with Crippen LogP contribution in [0.2, 0.25) is 0 Å². The SMILES string of the molecule is CCCCCCC/C=C\C/C=C\C/C=C\CCCCCCCCCCCCCCCCC(=O)OCC(COC(=O)CCCCCCCCCCC)OC(=O)CCCCCCCCCCCCCCCCCCCC. The summed E-state index contributed by atoms with van der Waals surface area (Å²) in [7, 11) is 0. The minimum atomic E-state index is -0.767. The van der Waals surface area contributed by atoms with Gasteiger partial charge in [0.1, 0.15) is 13.2 Å². The highest BCUT2D eigenvalue weighted by Crippen LogP contribution is 2.18. The first kappa shape index (κ1) is 71.6. The maximum absolute atomic E-state index is 12.9. The summed E-state index contributed by atoms with van der Waals surface area (Å²) >= 11 is 0. The van der Waals surface area contributed by atoms with Crippen LogP contribution < -0.4 is 0 Å². The van der Waals surface area contributed by atoms with Gasteiger partial charge in [0.25, 0.3) is 0 Å². The lowest BCUT2D eigenvalue weighted by Crippen LogP contribution is -2.30. The van der Waals surface area contributed by atoms with Gasteiger partial charge in [-0.3, -0.25) is 14.4 Å². The molecule has 0 rings (SSSR count). The molecule has 6 heteroatoms. The Hall–Kier alpha value is -2.37. The molecule has 1 unspecified atom stereocenters. The second kappa shape index (κ2) is 63.2. The van der Waals surface area contributed by atoms with Crippen molar-refractivity contribution in [1.29, 1.82) is 0 Å². The van der Waals surface area contributed by atoms with Crippen molar-refractivity contribution in [3.63, 3.8) is 0 Å². The molecule has 0 aromatic carbocycles. The summed E-state index contributed by atoms with van der Waals surface area (Å²) in [6.07, 6.45) is 77.4. The lowest BCUT2D eigenvalue weighted by molar-refractivity contribution is -0.167. The number of carbonyl (C=O) groups excluding carboxylic acids is 3. The molecule has 0 N–H and O–H groups in total. The molecular weight excluding hydrogens is 913 g/mol. The molecular formula is C68H126O6. The molecule has 0 amide bonds. The second-order valence-corrected chi connectivity index (χ2v) is 22.4. The van der Waals surface area contributed by atoms with Crippen LogP contribution in [0, 0.1) is 0 Å². The first-order valence-electron chi connectivity index (χ1n) is 33.0. The summed E-state index contributed by atoms with van der Waals surface area (Å²) < 4.78 is 16.9. The first-order valence-corrected chi connectivity index (χ1v) is 33.0. The zero-order chi connectivity index (χ0) is 53.6. The van der Waals surface area contributed by atoms with Gasteiger partial charge in [-0.2, -0.15) is 0 Å². The molecule has 1 atom stereocenters. The third kappa shape index (κ3) is 60.5. The van der Waals surface area contributed by atoms with Gasteiger partial charge in [-0.15, -0.1) is 0 Å². The van der Waals surface area contributed by atoms with Crippen molar-refractivity contribution < 1.29 is 28.6 Å². The van der Waals surface area contributed by atoms with Gasteiger partial charge in [0.2, 0.25) is 0 Å². The van der Waals surface area contributed by atoms with E-state index in [0.29, 0.717) is 19.3 Å². The summed E-state index contributed by atoms with van der Waals surface area (Å²) in [5, 5.41) is 0. The number of hydrogen-bond donors (Lipinski definition) is 0. The molecule has 0 aliphatic carbocycles. The van der Waals surface area contributed by atoms with E-state index in [2.05, 4.69) is 57.2 Å². The lowest BCUT2D eigenvalue weighted by atomic mass is 10.0. The van der Waals surface area contributed by atoms with E-state index in [1.807, 2.05) is 0 Å². The van der Waals surface area contributed by atoms with E-state index < -0.39 is 6.10 Å². The molecule has 0 radical (unpaired) electrons. The Labute approximate surface area is 461 Å². The van der Waals surface area contributed by atoms with E-state index in [9.17, 15) is 14.4 Å². The third-order valence-electron chi connectivity index (χ3n) is 14.9. The van der Waals surface area contributed by atoms with Crippen molar-refractivity contribution in [2.45, 2.75) is 367 Å². The van der Waals surface area contributed by atoms with Gasteiger partial charge in [0, 0.05) is 19.3 Å². The molecule has 0 aliphatic heterocycles. The molecule has 6 nitrogen and oxygen atoms in total. The minimum absolute atomic E-state index is 0.0662. The Morgan fingerprint density at radius 3 is 0.757 bits per heavy atom. The maximum atomic E-state index is 12.9. The van der Waals surface area contributed by atoms with Crippen LogP contribution in [0.5, 0.6) is 0 Å². The van der Waals surface area contributed by atoms with Gasteiger partial charge in [-0.1, -0.05) is 320 Å². The normalized spacial score (nSPS) is 12.2. The fraction of sp³-hybridized carbons (Fsp3) is 0.868.